The summed E-state index contributed by atoms with van der Waals surface area (Å²) in [6, 6.07) is 10.8. The predicted molar refractivity (Wildman–Crippen MR) is 77.6 cm³/mol. The summed E-state index contributed by atoms with van der Waals surface area (Å²) in [6.45, 7) is 2.33. The van der Waals surface area contributed by atoms with Crippen molar-refractivity contribution in [2.24, 2.45) is 0 Å². The molecule has 0 aliphatic carbocycles. The van der Waals surface area contributed by atoms with Gasteiger partial charge in [0.15, 0.2) is 0 Å². The van der Waals surface area contributed by atoms with E-state index in [2.05, 4.69) is 21.2 Å². The molecule has 2 aromatic rings. The van der Waals surface area contributed by atoms with Gasteiger partial charge in [-0.25, -0.2) is 4.39 Å². The smallest absolute Gasteiger partial charge is 0.126 e. The molecule has 0 fully saturated rings. The van der Waals surface area contributed by atoms with Crippen LogP contribution in [0.3, 0.4) is 0 Å². The topological polar surface area (TPSA) is 12.0 Å². The summed E-state index contributed by atoms with van der Waals surface area (Å²) in [5.74, 6) is -0.174. The summed E-state index contributed by atoms with van der Waals surface area (Å²) in [5.41, 5.74) is 2.50. The van der Waals surface area contributed by atoms with Gasteiger partial charge in [-0.3, -0.25) is 0 Å². The Labute approximate surface area is 119 Å². The zero-order valence-electron chi connectivity index (χ0n) is 9.81. The van der Waals surface area contributed by atoms with Gasteiger partial charge in [0, 0.05) is 16.7 Å². The third-order valence-corrected chi connectivity index (χ3v) is 3.87. The van der Waals surface area contributed by atoms with Crippen LogP contribution in [0.1, 0.15) is 11.1 Å². The van der Waals surface area contributed by atoms with E-state index in [1.165, 1.54) is 0 Å². The highest BCUT2D eigenvalue weighted by Crippen LogP contribution is 2.25. The van der Waals surface area contributed by atoms with Gasteiger partial charge in [-0.15, -0.1) is 0 Å². The molecule has 0 unspecified atom stereocenters. The highest BCUT2D eigenvalue weighted by molar-refractivity contribution is 9.10. The minimum Gasteiger partial charge on any atom is -0.381 e. The van der Waals surface area contributed by atoms with E-state index in [1.54, 1.807) is 19.1 Å². The first-order valence-corrected chi connectivity index (χ1v) is 6.67. The lowest BCUT2D eigenvalue weighted by molar-refractivity contribution is 0.616. The maximum atomic E-state index is 13.4. The fourth-order valence-electron chi connectivity index (χ4n) is 1.56. The largest absolute Gasteiger partial charge is 0.381 e. The molecule has 0 aliphatic heterocycles. The number of rotatable bonds is 3. The van der Waals surface area contributed by atoms with Crippen LogP contribution in [0.2, 0.25) is 5.02 Å². The standard InChI is InChI=1S/C14H12BrClFN/c1-9-2-3-10(6-14(9)17)8-18-11-4-5-13(16)12(15)7-11/h2-7,18H,8H2,1H3. The van der Waals surface area contributed by atoms with Crippen LogP contribution in [0.15, 0.2) is 40.9 Å². The van der Waals surface area contributed by atoms with Gasteiger partial charge in [0.05, 0.1) is 5.02 Å². The van der Waals surface area contributed by atoms with Crippen molar-refractivity contribution in [1.29, 1.82) is 0 Å². The average Bonchev–Trinajstić information content (AvgIpc) is 2.35. The molecule has 0 aromatic heterocycles. The van der Waals surface area contributed by atoms with Crippen molar-refractivity contribution in [3.05, 3.63) is 62.8 Å². The number of halogens is 3. The number of hydrogen-bond acceptors (Lipinski definition) is 1. The summed E-state index contributed by atoms with van der Waals surface area (Å²) >= 11 is 9.27. The Morgan fingerprint density at radius 2 is 2.00 bits per heavy atom. The zero-order chi connectivity index (χ0) is 13.1. The molecule has 0 spiro atoms. The second-order valence-corrected chi connectivity index (χ2v) is 5.33. The summed E-state index contributed by atoms with van der Waals surface area (Å²) in [5, 5.41) is 3.89. The third-order valence-electron chi connectivity index (χ3n) is 2.65. The second kappa shape index (κ2) is 5.72. The van der Waals surface area contributed by atoms with Crippen LogP contribution < -0.4 is 5.32 Å². The highest BCUT2D eigenvalue weighted by atomic mass is 79.9. The number of benzene rings is 2. The molecular weight excluding hydrogens is 317 g/mol. The molecule has 0 heterocycles. The highest BCUT2D eigenvalue weighted by Gasteiger charge is 2.01. The van der Waals surface area contributed by atoms with E-state index in [9.17, 15) is 4.39 Å². The maximum Gasteiger partial charge on any atom is 0.126 e. The van der Waals surface area contributed by atoms with Crippen molar-refractivity contribution in [3.8, 4) is 0 Å². The lowest BCUT2D eigenvalue weighted by Gasteiger charge is -2.08. The monoisotopic (exact) mass is 327 g/mol. The van der Waals surface area contributed by atoms with E-state index >= 15 is 0 Å². The van der Waals surface area contributed by atoms with Gasteiger partial charge in [-0.1, -0.05) is 23.7 Å². The van der Waals surface area contributed by atoms with Crippen molar-refractivity contribution in [2.45, 2.75) is 13.5 Å². The molecular formula is C14H12BrClFN. The molecule has 2 aromatic carbocycles. The molecule has 2 rings (SSSR count). The van der Waals surface area contributed by atoms with Crippen LogP contribution in [0.4, 0.5) is 10.1 Å². The van der Waals surface area contributed by atoms with Crippen molar-refractivity contribution in [1.82, 2.24) is 0 Å². The third kappa shape index (κ3) is 3.24. The van der Waals surface area contributed by atoms with Gasteiger partial charge in [0.1, 0.15) is 5.82 Å². The molecule has 4 heteroatoms. The Morgan fingerprint density at radius 3 is 2.67 bits per heavy atom. The Kier molecular flexibility index (Phi) is 4.25. The Bertz CT molecular complexity index is 520. The molecule has 0 aliphatic rings. The molecule has 0 amide bonds. The first-order valence-electron chi connectivity index (χ1n) is 5.50. The molecule has 94 valence electrons. The predicted octanol–water partition coefficient (Wildman–Crippen LogP) is 5.16. The Balaban J connectivity index is 2.06. The van der Waals surface area contributed by atoms with Gasteiger partial charge < -0.3 is 5.32 Å². The first-order chi connectivity index (χ1) is 8.56. The molecule has 0 atom stereocenters. The normalized spacial score (nSPS) is 10.4. The summed E-state index contributed by atoms with van der Waals surface area (Å²) in [6.07, 6.45) is 0. The van der Waals surface area contributed by atoms with Crippen molar-refractivity contribution < 1.29 is 4.39 Å². The van der Waals surface area contributed by atoms with Crippen LogP contribution >= 0.6 is 27.5 Å². The van der Waals surface area contributed by atoms with Crippen LogP contribution in [0, 0.1) is 12.7 Å². The molecule has 0 saturated heterocycles. The zero-order valence-corrected chi connectivity index (χ0v) is 12.1. The fraction of sp³-hybridized carbons (Fsp3) is 0.143. The molecule has 1 N–H and O–H groups in total. The van der Waals surface area contributed by atoms with Crippen molar-refractivity contribution in [2.75, 3.05) is 5.32 Å². The van der Waals surface area contributed by atoms with Gasteiger partial charge in [0.25, 0.3) is 0 Å². The maximum absolute atomic E-state index is 13.4. The van der Waals surface area contributed by atoms with E-state index in [0.29, 0.717) is 17.1 Å². The fourth-order valence-corrected chi connectivity index (χ4v) is 2.05. The lowest BCUT2D eigenvalue weighted by Crippen LogP contribution is -2.00. The molecule has 1 nitrogen and oxygen atoms in total. The Morgan fingerprint density at radius 1 is 1.22 bits per heavy atom. The molecule has 18 heavy (non-hydrogen) atoms. The average molecular weight is 329 g/mol. The molecule has 0 saturated carbocycles. The van der Waals surface area contributed by atoms with Gasteiger partial charge in [-0.05, 0) is 58.2 Å². The number of aryl methyl sites for hydroxylation is 1. The van der Waals surface area contributed by atoms with E-state index in [-0.39, 0.29) is 5.82 Å². The van der Waals surface area contributed by atoms with Crippen LogP contribution in [-0.2, 0) is 6.54 Å². The van der Waals surface area contributed by atoms with E-state index in [0.717, 1.165) is 15.7 Å². The van der Waals surface area contributed by atoms with E-state index in [1.807, 2.05) is 24.3 Å². The summed E-state index contributed by atoms with van der Waals surface area (Å²) < 4.78 is 14.2. The quantitative estimate of drug-likeness (QED) is 0.820. The lowest BCUT2D eigenvalue weighted by atomic mass is 10.1. The van der Waals surface area contributed by atoms with Gasteiger partial charge >= 0.3 is 0 Å². The number of anilines is 1. The minimum absolute atomic E-state index is 0.174. The number of nitrogens with one attached hydrogen (secondary N) is 1. The van der Waals surface area contributed by atoms with E-state index < -0.39 is 0 Å². The summed E-state index contributed by atoms with van der Waals surface area (Å²) in [4.78, 5) is 0. The van der Waals surface area contributed by atoms with Gasteiger partial charge in [-0.2, -0.15) is 0 Å². The van der Waals surface area contributed by atoms with Crippen molar-refractivity contribution >= 4 is 33.2 Å². The second-order valence-electron chi connectivity index (χ2n) is 4.07. The first kappa shape index (κ1) is 13.4. The molecule has 0 radical (unpaired) electrons. The summed E-state index contributed by atoms with van der Waals surface area (Å²) in [7, 11) is 0. The Hall–Kier alpha value is -1.06. The van der Waals surface area contributed by atoms with Crippen LogP contribution in [0.25, 0.3) is 0 Å². The van der Waals surface area contributed by atoms with Gasteiger partial charge in [0.2, 0.25) is 0 Å². The van der Waals surface area contributed by atoms with Crippen LogP contribution in [-0.4, -0.2) is 0 Å². The van der Waals surface area contributed by atoms with Crippen molar-refractivity contribution in [3.63, 3.8) is 0 Å². The van der Waals surface area contributed by atoms with Crippen LogP contribution in [0.5, 0.6) is 0 Å². The number of hydrogen-bond donors (Lipinski definition) is 1. The molecule has 0 bridgehead atoms. The SMILES string of the molecule is Cc1ccc(CNc2ccc(Cl)c(Br)c2)cc1F. The van der Waals surface area contributed by atoms with E-state index in [4.69, 9.17) is 11.6 Å². The minimum atomic E-state index is -0.174.